The number of benzene rings is 8. The zero-order valence-electron chi connectivity index (χ0n) is 71.4. The Morgan fingerprint density at radius 3 is 1.13 bits per heavy atom. The van der Waals surface area contributed by atoms with Gasteiger partial charge in [-0.2, -0.15) is 8.78 Å². The molecule has 0 unspecified atom stereocenters. The van der Waals surface area contributed by atoms with Crippen LogP contribution < -0.4 is 42.7 Å². The number of fused-ring (bicyclic) bond motifs is 4. The number of sulfonamides is 4. The molecule has 12 aromatic rings. The molecule has 0 spiro atoms. The van der Waals surface area contributed by atoms with Gasteiger partial charge in [0.25, 0.3) is 87.4 Å². The molecule has 0 atom stereocenters. The highest BCUT2D eigenvalue weighted by Gasteiger charge is 2.46. The van der Waals surface area contributed by atoms with E-state index in [0.29, 0.717) is 22.3 Å². The average Bonchev–Trinajstić information content (AvgIpc) is 1.83. The van der Waals surface area contributed by atoms with Crippen molar-refractivity contribution in [1.29, 1.82) is 0 Å². The average molecular weight is 1970 g/mol. The van der Waals surface area contributed by atoms with E-state index in [2.05, 4.69) is 28.6 Å². The molecule has 0 aliphatic carbocycles. The number of amides is 8. The first-order valence-electron chi connectivity index (χ1n) is 39.7. The van der Waals surface area contributed by atoms with Crippen molar-refractivity contribution in [3.05, 3.63) is 341 Å². The lowest BCUT2D eigenvalue weighted by atomic mass is 9.87. The van der Waals surface area contributed by atoms with Crippen LogP contribution in [0.1, 0.15) is 169 Å². The number of imide groups is 4. The first-order valence-corrected chi connectivity index (χ1v) is 47.1. The number of halogens is 6. The molecule has 42 heteroatoms. The van der Waals surface area contributed by atoms with Crippen LogP contribution in [0.3, 0.4) is 0 Å². The highest BCUT2D eigenvalue weighted by atomic mass is 35.5. The fourth-order valence-corrected chi connectivity index (χ4v) is 19.5. The molecule has 133 heavy (non-hydrogen) atoms. The minimum Gasteiger partial charge on any atom is -0.435 e. The summed E-state index contributed by atoms with van der Waals surface area (Å²) in [7, 11) is -16.4. The van der Waals surface area contributed by atoms with Gasteiger partial charge in [-0.1, -0.05) is 136 Å². The van der Waals surface area contributed by atoms with E-state index in [1.54, 1.807) is 92.8 Å². The van der Waals surface area contributed by atoms with Crippen LogP contribution in [0.5, 0.6) is 5.75 Å². The van der Waals surface area contributed by atoms with Crippen LogP contribution in [0.25, 0.3) is 0 Å². The Bertz CT molecular complexity index is 7270. The molecule has 4 aliphatic heterocycles. The van der Waals surface area contributed by atoms with Crippen molar-refractivity contribution in [3.8, 4) is 5.75 Å². The first-order chi connectivity index (χ1) is 62.4. The SMILES string of the molecule is Cc1cc(N2C(=O)c3c(Cl)ccc(NS(=O)(=O)c4ccc(C(C)(C)C)cc4)c3C2=O)c[n+](O)c1.Cc1cc[n+](O)cc1CN1C(=O)c2c(Cl)ccc(NS(=O)(=O)c3ccc(C(C)(C)C)cc3)c2C1=O.Cc1ccc(S(=O)(=O)Nc2ccc(Cl)c3c2C(=O)N(Cc2ccc[n+](O)c2)C3=O)cc1.O=C1c2c(Cl)ccc(NS(=O)(=O)c3ccc(OC(F)F)cc3)c2C(=O)N1Cc1cccnc1. The number of aryl methyl sites for hydroxylation is 3. The Morgan fingerprint density at radius 2 is 0.744 bits per heavy atom. The predicted molar refractivity (Wildman–Crippen MR) is 483 cm³/mol. The Balaban J connectivity index is 0.000000151. The van der Waals surface area contributed by atoms with Gasteiger partial charge in [-0.05, 0) is 181 Å². The molecule has 0 saturated carbocycles. The van der Waals surface area contributed by atoms with Crippen molar-refractivity contribution in [2.75, 3.05) is 23.8 Å². The van der Waals surface area contributed by atoms with Crippen molar-refractivity contribution in [2.45, 2.75) is 119 Å². The van der Waals surface area contributed by atoms with Gasteiger partial charge in [-0.25, -0.2) is 38.6 Å². The van der Waals surface area contributed by atoms with E-state index in [1.165, 1.54) is 128 Å². The minimum absolute atomic E-state index is 0.00603. The molecule has 0 saturated heterocycles. The van der Waals surface area contributed by atoms with Crippen molar-refractivity contribution >= 4 is 162 Å². The second-order valence-corrected chi connectivity index (χ2v) is 40.8. The number of nitrogens with one attached hydrogen (secondary N) is 4. The number of alkyl halides is 2. The van der Waals surface area contributed by atoms with E-state index in [-0.39, 0.29) is 149 Å². The Labute approximate surface area is 780 Å². The molecule has 686 valence electrons. The third-order valence-electron chi connectivity index (χ3n) is 21.0. The maximum absolute atomic E-state index is 13.3. The van der Waals surface area contributed by atoms with Gasteiger partial charge in [0, 0.05) is 55.4 Å². The van der Waals surface area contributed by atoms with Gasteiger partial charge in [0.1, 0.15) is 11.4 Å². The minimum atomic E-state index is -4.24. The summed E-state index contributed by atoms with van der Waals surface area (Å²) in [5.74, 6) is -5.73. The molecule has 8 amide bonds. The van der Waals surface area contributed by atoms with Crippen LogP contribution in [0, 0.1) is 20.8 Å². The largest absolute Gasteiger partial charge is 0.435 e. The van der Waals surface area contributed by atoms with Gasteiger partial charge >= 0.3 is 6.61 Å². The lowest BCUT2D eigenvalue weighted by Crippen LogP contribution is -2.35. The summed E-state index contributed by atoms with van der Waals surface area (Å²) in [4.78, 5) is 112. The van der Waals surface area contributed by atoms with Crippen molar-refractivity contribution < 1.29 is 115 Å². The lowest BCUT2D eigenvalue weighted by Gasteiger charge is -2.19. The van der Waals surface area contributed by atoms with Gasteiger partial charge in [-0.3, -0.25) is 92.6 Å². The number of nitrogens with zero attached hydrogens (tertiary/aromatic N) is 8. The summed E-state index contributed by atoms with van der Waals surface area (Å²) < 4.78 is 144. The lowest BCUT2D eigenvalue weighted by molar-refractivity contribution is -0.905. The highest BCUT2D eigenvalue weighted by Crippen LogP contribution is 2.43. The van der Waals surface area contributed by atoms with Crippen LogP contribution in [-0.4, -0.2) is 123 Å². The maximum atomic E-state index is 13.3. The molecule has 0 fully saturated rings. The van der Waals surface area contributed by atoms with Crippen molar-refractivity contribution in [2.24, 2.45) is 0 Å². The molecular formula is C91H79Cl4F2N12O20S4+3. The number of anilines is 5. The molecular weight excluding hydrogens is 1890 g/mol. The normalized spacial score (nSPS) is 13.6. The van der Waals surface area contributed by atoms with Crippen molar-refractivity contribution in [1.82, 2.24) is 19.7 Å². The van der Waals surface area contributed by atoms with E-state index >= 15 is 0 Å². The van der Waals surface area contributed by atoms with E-state index in [0.717, 1.165) is 80.3 Å². The van der Waals surface area contributed by atoms with Gasteiger partial charge in [0.05, 0.1) is 127 Å². The smallest absolute Gasteiger partial charge is 0.387 e. The van der Waals surface area contributed by atoms with Gasteiger partial charge in [0.2, 0.25) is 37.2 Å². The zero-order valence-corrected chi connectivity index (χ0v) is 77.7. The monoisotopic (exact) mass is 1970 g/mol. The van der Waals surface area contributed by atoms with E-state index < -0.39 is 94.0 Å². The molecule has 4 aromatic heterocycles. The molecule has 32 nitrogen and oxygen atoms in total. The second-order valence-electron chi connectivity index (χ2n) is 32.5. The second kappa shape index (κ2) is 37.8. The number of hydrogen-bond acceptors (Lipinski definition) is 21. The van der Waals surface area contributed by atoms with E-state index in [4.69, 9.17) is 46.4 Å². The number of ether oxygens (including phenoxy) is 1. The number of pyridine rings is 4. The molecule has 8 heterocycles. The standard InChI is InChI=1S/C25H24ClN3O5S.C24H22ClN3O5S.C21H14ClF2N3O5S.C21H16ClN3O5S/c1-15-11-12-28(32)13-16(15)14-29-23(30)21-19(26)9-10-20(22(21)24(29)31)27-35(33,34)18-7-5-17(6-8-18)25(2,3)4;1-14-11-16(13-27(31)12-14)28-22(29)20-18(25)9-10-19(21(20)23(28)30)26-34(32,33)17-7-5-15(6-8-17)24(2,3)4;22-15-7-8-16(26-33(30,31)14-5-3-13(4-6-14)32-21(23)24)18-17(15)19(28)27(20(18)29)11-12-2-1-9-25-10-12;1-13-4-6-15(7-5-13)31(29,30)23-17-9-8-16(22)18-19(17)21(27)25(20(18)26)12-14-3-2-10-24(28)11-14/h5-13H,14H2,1-4H3,(H-,27,31,32);5-13H,1-4H3,(H-,26,30,31);1-10,21,26H,11H2;2-11H,12H2,1H3,(H-,23,27,28)/p+3. The summed E-state index contributed by atoms with van der Waals surface area (Å²) in [5.41, 5.74) is 4.47. The van der Waals surface area contributed by atoms with Crippen LogP contribution >= 0.6 is 46.4 Å². The van der Waals surface area contributed by atoms with Gasteiger partial charge in [-0.15, -0.1) is 0 Å². The van der Waals surface area contributed by atoms with Crippen molar-refractivity contribution in [3.63, 3.8) is 0 Å². The third kappa shape index (κ3) is 20.7. The van der Waals surface area contributed by atoms with Crippen LogP contribution in [-0.2, 0) is 70.6 Å². The Morgan fingerprint density at radius 1 is 0.391 bits per heavy atom. The van der Waals surface area contributed by atoms with Crippen LogP contribution in [0.4, 0.5) is 37.2 Å². The molecule has 0 radical (unpaired) electrons. The maximum Gasteiger partial charge on any atom is 0.387 e. The molecule has 4 aliphatic rings. The topological polar surface area (TPSA) is 429 Å². The van der Waals surface area contributed by atoms with Crippen LogP contribution in [0.15, 0.2) is 251 Å². The van der Waals surface area contributed by atoms with Gasteiger partial charge in [0.15, 0.2) is 0 Å². The Kier molecular flexibility index (Phi) is 27.5. The fraction of sp³-hybridized carbons (Fsp3) is 0.165. The summed E-state index contributed by atoms with van der Waals surface area (Å²) >= 11 is 24.8. The highest BCUT2D eigenvalue weighted by molar-refractivity contribution is 7.93. The number of rotatable bonds is 21. The zero-order chi connectivity index (χ0) is 96.8. The molecule has 8 aromatic carbocycles. The van der Waals surface area contributed by atoms with E-state index in [9.17, 15) is 96.4 Å². The quantitative estimate of drug-likeness (QED) is 0.0200. The number of aromatic nitrogens is 4. The molecule has 7 N–H and O–H groups in total. The predicted octanol–water partition coefficient (Wildman–Crippen LogP) is 14.8. The fourth-order valence-electron chi connectivity index (χ4n) is 14.3. The number of carbonyl (C=O) groups excluding carboxylic acids is 8. The summed E-state index contributed by atoms with van der Waals surface area (Å²) in [5, 5.41) is 29.2. The molecule has 16 rings (SSSR count). The Hall–Kier alpha value is -13.9. The first kappa shape index (κ1) is 96.7. The number of hydrogen-bond donors (Lipinski definition) is 7. The van der Waals surface area contributed by atoms with E-state index in [1.807, 2.05) is 48.5 Å². The van der Waals surface area contributed by atoms with Gasteiger partial charge < -0.3 is 4.74 Å². The summed E-state index contributed by atoms with van der Waals surface area (Å²) in [6, 6.07) is 43.9. The molecule has 0 bridgehead atoms. The summed E-state index contributed by atoms with van der Waals surface area (Å²) in [6.07, 6.45) is 11.2. The number of carbonyl (C=O) groups is 8. The summed E-state index contributed by atoms with van der Waals surface area (Å²) in [6.45, 7) is 14.1. The third-order valence-corrected chi connectivity index (χ3v) is 27.8. The van der Waals surface area contributed by atoms with Crippen LogP contribution in [0.2, 0.25) is 20.1 Å².